The van der Waals surface area contributed by atoms with Crippen LogP contribution < -0.4 is 5.73 Å². The minimum atomic E-state index is -1.16. The van der Waals surface area contributed by atoms with Crippen molar-refractivity contribution in [3.8, 4) is 0 Å². The molecule has 0 aliphatic carbocycles. The van der Waals surface area contributed by atoms with Crippen molar-refractivity contribution in [2.75, 3.05) is 26.2 Å². The average molecular weight is 257 g/mol. The fraction of sp³-hybridized carbons (Fsp3) is 0.727. The highest BCUT2D eigenvalue weighted by atomic mass is 16.4. The van der Waals surface area contributed by atoms with Gasteiger partial charge in [0.05, 0.1) is 0 Å². The predicted molar refractivity (Wildman–Crippen MR) is 63.8 cm³/mol. The molecule has 0 aromatic carbocycles. The Morgan fingerprint density at radius 1 is 1.39 bits per heavy atom. The van der Waals surface area contributed by atoms with Gasteiger partial charge in [0.1, 0.15) is 13.1 Å². The van der Waals surface area contributed by atoms with Crippen LogP contribution in [0.3, 0.4) is 0 Å². The van der Waals surface area contributed by atoms with Gasteiger partial charge in [-0.1, -0.05) is 6.92 Å². The van der Waals surface area contributed by atoms with Crippen LogP contribution in [0.5, 0.6) is 0 Å². The van der Waals surface area contributed by atoms with Gasteiger partial charge in [0.15, 0.2) is 0 Å². The van der Waals surface area contributed by atoms with Gasteiger partial charge < -0.3 is 20.6 Å². The van der Waals surface area contributed by atoms with E-state index in [0.29, 0.717) is 19.0 Å². The summed E-state index contributed by atoms with van der Waals surface area (Å²) in [5, 5.41) is 8.73. The second-order valence-electron chi connectivity index (χ2n) is 4.69. The second kappa shape index (κ2) is 6.23. The van der Waals surface area contributed by atoms with Crippen LogP contribution in [0.15, 0.2) is 0 Å². The Hall–Kier alpha value is -1.79. The van der Waals surface area contributed by atoms with Gasteiger partial charge in [0, 0.05) is 13.1 Å². The summed E-state index contributed by atoms with van der Waals surface area (Å²) in [4.78, 5) is 36.2. The second-order valence-corrected chi connectivity index (χ2v) is 4.69. The van der Waals surface area contributed by atoms with Crippen molar-refractivity contribution in [2.45, 2.75) is 19.8 Å². The molecule has 1 aliphatic rings. The maximum atomic E-state index is 12.1. The zero-order valence-corrected chi connectivity index (χ0v) is 10.5. The first-order valence-corrected chi connectivity index (χ1v) is 5.94. The van der Waals surface area contributed by atoms with E-state index in [-0.39, 0.29) is 6.54 Å². The lowest BCUT2D eigenvalue weighted by molar-refractivity contribution is -0.138. The SMILES string of the molecule is CC1CCCN(C(=O)N(CC(N)=O)CC(=O)O)C1. The van der Waals surface area contributed by atoms with Crippen LogP contribution >= 0.6 is 0 Å². The lowest BCUT2D eigenvalue weighted by atomic mass is 10.0. The third-order valence-corrected chi connectivity index (χ3v) is 2.87. The average Bonchev–Trinajstić information content (AvgIpc) is 2.26. The summed E-state index contributed by atoms with van der Waals surface area (Å²) in [6, 6.07) is -0.428. The van der Waals surface area contributed by atoms with Crippen molar-refractivity contribution in [3.05, 3.63) is 0 Å². The fourth-order valence-corrected chi connectivity index (χ4v) is 2.11. The van der Waals surface area contributed by atoms with E-state index in [1.807, 2.05) is 6.92 Å². The maximum Gasteiger partial charge on any atom is 0.323 e. The summed E-state index contributed by atoms with van der Waals surface area (Å²) in [6.45, 7) is 2.35. The number of aliphatic carboxylic acids is 1. The number of urea groups is 1. The van der Waals surface area contributed by atoms with Crippen molar-refractivity contribution < 1.29 is 19.5 Å². The van der Waals surface area contributed by atoms with E-state index < -0.39 is 24.5 Å². The molecule has 1 atom stereocenters. The lowest BCUT2D eigenvalue weighted by Gasteiger charge is -2.34. The topological polar surface area (TPSA) is 104 Å². The molecule has 102 valence electrons. The smallest absolute Gasteiger partial charge is 0.323 e. The quantitative estimate of drug-likeness (QED) is 0.722. The molecule has 1 heterocycles. The standard InChI is InChI=1S/C11H19N3O4/c1-8-3-2-4-13(5-8)11(18)14(6-9(12)15)7-10(16)17/h8H,2-7H2,1H3,(H2,12,15)(H,16,17). The molecule has 1 saturated heterocycles. The van der Waals surface area contributed by atoms with Crippen molar-refractivity contribution >= 4 is 17.9 Å². The highest BCUT2D eigenvalue weighted by Gasteiger charge is 2.27. The molecule has 7 nitrogen and oxygen atoms in total. The molecular weight excluding hydrogens is 238 g/mol. The molecule has 1 aliphatic heterocycles. The number of hydrogen-bond donors (Lipinski definition) is 2. The number of amides is 3. The third kappa shape index (κ3) is 4.23. The highest BCUT2D eigenvalue weighted by Crippen LogP contribution is 2.16. The number of hydrogen-bond acceptors (Lipinski definition) is 3. The minimum Gasteiger partial charge on any atom is -0.480 e. The van der Waals surface area contributed by atoms with Crippen molar-refractivity contribution in [3.63, 3.8) is 0 Å². The largest absolute Gasteiger partial charge is 0.480 e. The number of piperidine rings is 1. The van der Waals surface area contributed by atoms with Crippen LogP contribution in [0.2, 0.25) is 0 Å². The van der Waals surface area contributed by atoms with Gasteiger partial charge in [0.2, 0.25) is 5.91 Å². The number of nitrogens with zero attached hydrogens (tertiary/aromatic N) is 2. The zero-order valence-electron chi connectivity index (χ0n) is 10.5. The molecule has 3 N–H and O–H groups in total. The number of carboxylic acids is 1. The Labute approximate surface area is 106 Å². The Morgan fingerprint density at radius 3 is 2.56 bits per heavy atom. The molecule has 7 heteroatoms. The fourth-order valence-electron chi connectivity index (χ4n) is 2.11. The van der Waals surface area contributed by atoms with Crippen LogP contribution in [-0.4, -0.2) is 59.0 Å². The molecule has 3 amide bonds. The van der Waals surface area contributed by atoms with Gasteiger partial charge in [-0.05, 0) is 18.8 Å². The van der Waals surface area contributed by atoms with Crippen molar-refractivity contribution in [2.24, 2.45) is 11.7 Å². The molecule has 0 aromatic rings. The third-order valence-electron chi connectivity index (χ3n) is 2.87. The first-order valence-electron chi connectivity index (χ1n) is 5.94. The maximum absolute atomic E-state index is 12.1. The number of rotatable bonds is 4. The molecule has 0 spiro atoms. The van der Waals surface area contributed by atoms with Gasteiger partial charge >= 0.3 is 12.0 Å². The van der Waals surface area contributed by atoms with E-state index in [9.17, 15) is 14.4 Å². The minimum absolute atomic E-state index is 0.365. The number of carbonyl (C=O) groups excluding carboxylic acids is 2. The van der Waals surface area contributed by atoms with Gasteiger partial charge in [-0.3, -0.25) is 9.59 Å². The van der Waals surface area contributed by atoms with Crippen molar-refractivity contribution in [1.29, 1.82) is 0 Å². The van der Waals surface area contributed by atoms with E-state index in [4.69, 9.17) is 10.8 Å². The molecule has 0 aromatic heterocycles. The Kier molecular flexibility index (Phi) is 4.94. The Morgan fingerprint density at radius 2 is 2.06 bits per heavy atom. The van der Waals surface area contributed by atoms with Gasteiger partial charge in [0.25, 0.3) is 0 Å². The lowest BCUT2D eigenvalue weighted by Crippen LogP contribution is -2.51. The zero-order chi connectivity index (χ0) is 13.7. The van der Waals surface area contributed by atoms with Crippen molar-refractivity contribution in [1.82, 2.24) is 9.80 Å². The molecule has 1 rings (SSSR count). The summed E-state index contributed by atoms with van der Waals surface area (Å²) in [5.74, 6) is -1.48. The molecule has 18 heavy (non-hydrogen) atoms. The number of primary amides is 1. The predicted octanol–water partition coefficient (Wildman–Crippen LogP) is -0.290. The van der Waals surface area contributed by atoms with E-state index >= 15 is 0 Å². The van der Waals surface area contributed by atoms with Gasteiger partial charge in [-0.2, -0.15) is 0 Å². The number of carboxylic acid groups (broad SMARTS) is 1. The Bertz CT molecular complexity index is 329. The summed E-state index contributed by atoms with van der Waals surface area (Å²) < 4.78 is 0. The molecule has 1 unspecified atom stereocenters. The van der Waals surface area contributed by atoms with Crippen LogP contribution in [0.25, 0.3) is 0 Å². The van der Waals surface area contributed by atoms with Gasteiger partial charge in [-0.15, -0.1) is 0 Å². The van der Waals surface area contributed by atoms with E-state index in [1.54, 1.807) is 4.90 Å². The van der Waals surface area contributed by atoms with E-state index in [0.717, 1.165) is 17.7 Å². The molecular formula is C11H19N3O4. The summed E-state index contributed by atoms with van der Waals surface area (Å²) in [7, 11) is 0. The van der Waals surface area contributed by atoms with Crippen LogP contribution in [0, 0.1) is 5.92 Å². The van der Waals surface area contributed by atoms with Crippen LogP contribution in [0.4, 0.5) is 4.79 Å². The number of likely N-dealkylation sites (tertiary alicyclic amines) is 1. The summed E-state index contributed by atoms with van der Waals surface area (Å²) in [5.41, 5.74) is 5.02. The van der Waals surface area contributed by atoms with E-state index in [1.165, 1.54) is 0 Å². The summed E-state index contributed by atoms with van der Waals surface area (Å²) >= 11 is 0. The highest BCUT2D eigenvalue weighted by molar-refractivity contribution is 5.86. The monoisotopic (exact) mass is 257 g/mol. The van der Waals surface area contributed by atoms with Gasteiger partial charge in [-0.25, -0.2) is 4.79 Å². The molecule has 1 fully saturated rings. The number of nitrogens with two attached hydrogens (primary N) is 1. The van der Waals surface area contributed by atoms with E-state index in [2.05, 4.69) is 0 Å². The summed E-state index contributed by atoms with van der Waals surface area (Å²) in [6.07, 6.45) is 1.95. The molecule has 0 bridgehead atoms. The normalized spacial score (nSPS) is 19.4. The first kappa shape index (κ1) is 14.3. The molecule has 0 radical (unpaired) electrons. The first-order chi connectivity index (χ1) is 8.40. The van der Waals surface area contributed by atoms with Crippen LogP contribution in [0.1, 0.15) is 19.8 Å². The van der Waals surface area contributed by atoms with Crippen LogP contribution in [-0.2, 0) is 9.59 Å². The Balaban J connectivity index is 2.67. The number of carbonyl (C=O) groups is 3. The molecule has 0 saturated carbocycles.